The minimum Gasteiger partial charge on any atom is -0.338 e. The van der Waals surface area contributed by atoms with Crippen LogP contribution in [-0.4, -0.2) is 46.1 Å². The number of urea groups is 1. The molecule has 6 nitrogen and oxygen atoms in total. The topological polar surface area (TPSA) is 67.2 Å². The minimum atomic E-state index is -0.0334. The van der Waals surface area contributed by atoms with Gasteiger partial charge < -0.3 is 10.2 Å². The summed E-state index contributed by atoms with van der Waals surface area (Å²) in [5.74, 6) is 0.211. The number of hydrogen-bond donors (Lipinski definition) is 1. The molecule has 0 aliphatic carbocycles. The molecule has 2 aromatic rings. The Bertz CT molecular complexity index is 777. The number of carbonyl (C=O) groups excluding carboxylic acids is 2. The van der Waals surface area contributed by atoms with E-state index in [2.05, 4.69) is 16.5 Å². The number of piperidine rings is 1. The molecule has 1 aliphatic heterocycles. The van der Waals surface area contributed by atoms with Crippen molar-refractivity contribution in [2.24, 2.45) is 5.92 Å². The number of nitrogens with one attached hydrogen (secondary N) is 1. The van der Waals surface area contributed by atoms with E-state index in [1.807, 2.05) is 53.8 Å². The molecule has 0 bridgehead atoms. The lowest BCUT2D eigenvalue weighted by Gasteiger charge is -2.31. The largest absolute Gasteiger partial charge is 0.338 e. The summed E-state index contributed by atoms with van der Waals surface area (Å²) < 4.78 is 1.97. The Morgan fingerprint density at radius 3 is 2.48 bits per heavy atom. The van der Waals surface area contributed by atoms with Crippen molar-refractivity contribution >= 4 is 11.8 Å². The highest BCUT2D eigenvalue weighted by Crippen LogP contribution is 2.21. The molecule has 0 unspecified atom stereocenters. The average molecular weight is 368 g/mol. The summed E-state index contributed by atoms with van der Waals surface area (Å²) in [5.41, 5.74) is 2.93. The summed E-state index contributed by atoms with van der Waals surface area (Å²) in [6.07, 6.45) is 2.30. The molecular weight excluding hydrogens is 340 g/mol. The van der Waals surface area contributed by atoms with Gasteiger partial charge >= 0.3 is 6.03 Å². The molecule has 3 rings (SSSR count). The van der Waals surface area contributed by atoms with E-state index in [9.17, 15) is 9.59 Å². The third-order valence-electron chi connectivity index (χ3n) is 5.14. The number of nitrogens with zero attached hydrogens (tertiary/aromatic N) is 3. The Morgan fingerprint density at radius 2 is 1.85 bits per heavy atom. The van der Waals surface area contributed by atoms with Crippen LogP contribution in [0.1, 0.15) is 41.0 Å². The fourth-order valence-corrected chi connectivity index (χ4v) is 3.62. The SMILES string of the molecule is Cc1cc(C)n(CCCNC(=O)N2CCC(C(=O)c3ccccc3)CC2)n1. The second kappa shape index (κ2) is 8.84. The maximum atomic E-state index is 12.5. The van der Waals surface area contributed by atoms with Crippen LogP contribution in [0.3, 0.4) is 0 Å². The van der Waals surface area contributed by atoms with E-state index in [-0.39, 0.29) is 17.7 Å². The number of ketones is 1. The normalized spacial score (nSPS) is 15.0. The smallest absolute Gasteiger partial charge is 0.317 e. The first-order chi connectivity index (χ1) is 13.0. The van der Waals surface area contributed by atoms with Gasteiger partial charge in [-0.2, -0.15) is 5.10 Å². The van der Waals surface area contributed by atoms with Gasteiger partial charge in [0.25, 0.3) is 0 Å². The first kappa shape index (κ1) is 19.1. The number of amides is 2. The molecular formula is C21H28N4O2. The molecule has 0 spiro atoms. The van der Waals surface area contributed by atoms with E-state index in [0.29, 0.717) is 19.6 Å². The van der Waals surface area contributed by atoms with Gasteiger partial charge in [0.15, 0.2) is 5.78 Å². The second-order valence-electron chi connectivity index (χ2n) is 7.23. The van der Waals surface area contributed by atoms with E-state index < -0.39 is 0 Å². The number of rotatable bonds is 6. The Hall–Kier alpha value is -2.63. The van der Waals surface area contributed by atoms with Crippen molar-refractivity contribution in [2.45, 2.75) is 39.7 Å². The predicted octanol–water partition coefficient (Wildman–Crippen LogP) is 3.19. The van der Waals surface area contributed by atoms with Gasteiger partial charge in [-0.05, 0) is 39.2 Å². The van der Waals surface area contributed by atoms with Crippen LogP contribution in [0.2, 0.25) is 0 Å². The lowest BCUT2D eigenvalue weighted by Crippen LogP contribution is -2.45. The first-order valence-corrected chi connectivity index (χ1v) is 9.67. The van der Waals surface area contributed by atoms with Gasteiger partial charge in [-0.1, -0.05) is 30.3 Å². The lowest BCUT2D eigenvalue weighted by molar-refractivity contribution is 0.0854. The number of Topliss-reactive ketones (excluding diaryl/α,β-unsaturated/α-hetero) is 1. The summed E-state index contributed by atoms with van der Waals surface area (Å²) >= 11 is 0. The molecule has 0 atom stereocenters. The number of aromatic nitrogens is 2. The highest BCUT2D eigenvalue weighted by atomic mass is 16.2. The van der Waals surface area contributed by atoms with E-state index in [1.54, 1.807) is 0 Å². The Labute approximate surface area is 160 Å². The van der Waals surface area contributed by atoms with Gasteiger partial charge in [-0.15, -0.1) is 0 Å². The molecule has 1 saturated heterocycles. The van der Waals surface area contributed by atoms with E-state index >= 15 is 0 Å². The maximum absolute atomic E-state index is 12.5. The van der Waals surface area contributed by atoms with Crippen LogP contribution in [0.4, 0.5) is 4.79 Å². The molecule has 27 heavy (non-hydrogen) atoms. The average Bonchev–Trinajstić information content (AvgIpc) is 3.02. The molecule has 2 heterocycles. The number of aryl methyl sites for hydroxylation is 3. The van der Waals surface area contributed by atoms with E-state index in [4.69, 9.17) is 0 Å². The number of hydrogen-bond acceptors (Lipinski definition) is 3. The maximum Gasteiger partial charge on any atom is 0.317 e. The Morgan fingerprint density at radius 1 is 1.15 bits per heavy atom. The van der Waals surface area contributed by atoms with Crippen molar-refractivity contribution in [1.29, 1.82) is 0 Å². The molecule has 1 aromatic carbocycles. The standard InChI is InChI=1S/C21H28N4O2/c1-16-15-17(2)25(23-16)12-6-11-22-21(27)24-13-9-19(10-14-24)20(26)18-7-4-3-5-8-18/h3-5,7-8,15,19H,6,9-14H2,1-2H3,(H,22,27). The summed E-state index contributed by atoms with van der Waals surface area (Å²) in [6, 6.07) is 11.4. The van der Waals surface area contributed by atoms with Gasteiger partial charge in [0.05, 0.1) is 5.69 Å². The van der Waals surface area contributed by atoms with Crippen LogP contribution in [0.25, 0.3) is 0 Å². The van der Waals surface area contributed by atoms with Gasteiger partial charge in [0.2, 0.25) is 0 Å². The molecule has 0 radical (unpaired) electrons. The molecule has 6 heteroatoms. The van der Waals surface area contributed by atoms with Gasteiger partial charge in [-0.25, -0.2) is 4.79 Å². The third-order valence-corrected chi connectivity index (χ3v) is 5.14. The van der Waals surface area contributed by atoms with Crippen LogP contribution < -0.4 is 5.32 Å². The van der Waals surface area contributed by atoms with Crippen molar-refractivity contribution in [2.75, 3.05) is 19.6 Å². The number of carbonyl (C=O) groups is 2. The van der Waals surface area contributed by atoms with Gasteiger partial charge in [0, 0.05) is 43.4 Å². The Kier molecular flexibility index (Phi) is 6.27. The molecule has 144 valence electrons. The lowest BCUT2D eigenvalue weighted by atomic mass is 9.89. The number of benzene rings is 1. The van der Waals surface area contributed by atoms with Crippen LogP contribution in [-0.2, 0) is 6.54 Å². The molecule has 1 N–H and O–H groups in total. The minimum absolute atomic E-state index is 0.0162. The van der Waals surface area contributed by atoms with Crippen molar-refractivity contribution in [3.05, 3.63) is 53.3 Å². The molecule has 1 fully saturated rings. The summed E-state index contributed by atoms with van der Waals surface area (Å²) in [6.45, 7) is 6.71. The highest BCUT2D eigenvalue weighted by Gasteiger charge is 2.27. The zero-order valence-corrected chi connectivity index (χ0v) is 16.1. The third kappa shape index (κ3) is 4.96. The zero-order valence-electron chi connectivity index (χ0n) is 16.1. The highest BCUT2D eigenvalue weighted by molar-refractivity contribution is 5.97. The monoisotopic (exact) mass is 368 g/mol. The fraction of sp³-hybridized carbons (Fsp3) is 0.476. The van der Waals surface area contributed by atoms with Gasteiger partial charge in [0.1, 0.15) is 0 Å². The van der Waals surface area contributed by atoms with Crippen molar-refractivity contribution in [1.82, 2.24) is 20.0 Å². The van der Waals surface area contributed by atoms with Crippen molar-refractivity contribution in [3.8, 4) is 0 Å². The van der Waals surface area contributed by atoms with Crippen LogP contribution >= 0.6 is 0 Å². The van der Waals surface area contributed by atoms with Crippen LogP contribution in [0, 0.1) is 19.8 Å². The molecule has 0 saturated carbocycles. The summed E-state index contributed by atoms with van der Waals surface area (Å²) in [4.78, 5) is 26.7. The molecule has 1 aliphatic rings. The van der Waals surface area contributed by atoms with Crippen LogP contribution in [0.5, 0.6) is 0 Å². The molecule has 2 amide bonds. The fourth-order valence-electron chi connectivity index (χ4n) is 3.62. The van der Waals surface area contributed by atoms with Crippen molar-refractivity contribution in [3.63, 3.8) is 0 Å². The number of likely N-dealkylation sites (tertiary alicyclic amines) is 1. The molecule has 1 aromatic heterocycles. The predicted molar refractivity (Wildman–Crippen MR) is 105 cm³/mol. The van der Waals surface area contributed by atoms with Crippen molar-refractivity contribution < 1.29 is 9.59 Å². The summed E-state index contributed by atoms with van der Waals surface area (Å²) in [7, 11) is 0. The zero-order chi connectivity index (χ0) is 19.2. The van der Waals surface area contributed by atoms with Gasteiger partial charge in [-0.3, -0.25) is 9.48 Å². The quantitative estimate of drug-likeness (QED) is 0.629. The van der Waals surface area contributed by atoms with E-state index in [0.717, 1.165) is 42.8 Å². The second-order valence-corrected chi connectivity index (χ2v) is 7.23. The Balaban J connectivity index is 1.38. The first-order valence-electron chi connectivity index (χ1n) is 9.67. The summed E-state index contributed by atoms with van der Waals surface area (Å²) in [5, 5.41) is 7.41. The van der Waals surface area contributed by atoms with Crippen LogP contribution in [0.15, 0.2) is 36.4 Å². The van der Waals surface area contributed by atoms with E-state index in [1.165, 1.54) is 0 Å².